The molecule has 2 rings (SSSR count). The highest BCUT2D eigenvalue weighted by atomic mass is 32.1. The minimum Gasteiger partial charge on any atom is -0.481 e. The summed E-state index contributed by atoms with van der Waals surface area (Å²) >= 11 is 1.13. The third-order valence-electron chi connectivity index (χ3n) is 3.06. The monoisotopic (exact) mass is 363 g/mol. The van der Waals surface area contributed by atoms with Gasteiger partial charge in [0.25, 0.3) is 11.6 Å². The van der Waals surface area contributed by atoms with Gasteiger partial charge in [0, 0.05) is 24.2 Å². The lowest BCUT2D eigenvalue weighted by Gasteiger charge is -2.07. The zero-order valence-electron chi connectivity index (χ0n) is 12.7. The van der Waals surface area contributed by atoms with Gasteiger partial charge in [0.1, 0.15) is 5.00 Å². The number of carboxylic acids is 1. The molecule has 1 aromatic carbocycles. The van der Waals surface area contributed by atoms with Crippen molar-refractivity contribution in [3.8, 4) is 0 Å². The predicted molar refractivity (Wildman–Crippen MR) is 90.9 cm³/mol. The van der Waals surface area contributed by atoms with Crippen molar-refractivity contribution >= 4 is 45.5 Å². The Labute approximate surface area is 145 Å². The van der Waals surface area contributed by atoms with E-state index in [1.807, 2.05) is 0 Å². The minimum absolute atomic E-state index is 0.0973. The van der Waals surface area contributed by atoms with Gasteiger partial charge >= 0.3 is 5.97 Å². The van der Waals surface area contributed by atoms with Crippen molar-refractivity contribution in [2.45, 2.75) is 12.8 Å². The number of nitro groups is 1. The number of rotatable bonds is 7. The van der Waals surface area contributed by atoms with Crippen LogP contribution in [0.3, 0.4) is 0 Å². The van der Waals surface area contributed by atoms with Gasteiger partial charge in [-0.1, -0.05) is 0 Å². The van der Waals surface area contributed by atoms with Crippen LogP contribution < -0.4 is 10.6 Å². The van der Waals surface area contributed by atoms with Gasteiger partial charge < -0.3 is 15.7 Å². The second kappa shape index (κ2) is 8.02. The predicted octanol–water partition coefficient (Wildman–Crippen LogP) is 2.71. The van der Waals surface area contributed by atoms with Crippen LogP contribution in [0, 0.1) is 10.1 Å². The zero-order chi connectivity index (χ0) is 18.4. The summed E-state index contributed by atoms with van der Waals surface area (Å²) in [5.41, 5.74) is 0.483. The molecule has 0 aliphatic heterocycles. The Morgan fingerprint density at radius 3 is 2.36 bits per heavy atom. The van der Waals surface area contributed by atoms with Crippen molar-refractivity contribution in [2.24, 2.45) is 0 Å². The maximum atomic E-state index is 12.3. The number of nitrogens with zero attached hydrogens (tertiary/aromatic N) is 1. The van der Waals surface area contributed by atoms with Crippen LogP contribution in [-0.4, -0.2) is 27.8 Å². The zero-order valence-corrected chi connectivity index (χ0v) is 13.5. The molecule has 10 heteroatoms. The molecule has 0 saturated carbocycles. The fourth-order valence-corrected chi connectivity index (χ4v) is 2.66. The average molecular weight is 363 g/mol. The van der Waals surface area contributed by atoms with E-state index in [1.165, 1.54) is 30.3 Å². The van der Waals surface area contributed by atoms with E-state index in [-0.39, 0.29) is 24.1 Å². The van der Waals surface area contributed by atoms with Crippen LogP contribution in [0.15, 0.2) is 35.7 Å². The fraction of sp³-hybridized carbons (Fsp3) is 0.133. The number of amides is 2. The summed E-state index contributed by atoms with van der Waals surface area (Å²) in [6.07, 6.45) is -0.502. The van der Waals surface area contributed by atoms with E-state index >= 15 is 0 Å². The SMILES string of the molecule is O=C(O)CCC(=O)Nc1sccc1C(=O)Nc1ccc([N+](=O)[O-])cc1. The highest BCUT2D eigenvalue weighted by molar-refractivity contribution is 7.14. The Hall–Kier alpha value is -3.27. The van der Waals surface area contributed by atoms with E-state index in [4.69, 9.17) is 5.11 Å². The summed E-state index contributed by atoms with van der Waals surface area (Å²) in [5, 5.41) is 26.2. The van der Waals surface area contributed by atoms with Crippen LogP contribution in [0.5, 0.6) is 0 Å². The lowest BCUT2D eigenvalue weighted by atomic mass is 10.2. The second-order valence-corrected chi connectivity index (χ2v) is 5.78. The first-order valence-corrected chi connectivity index (χ1v) is 7.89. The van der Waals surface area contributed by atoms with Crippen molar-refractivity contribution in [3.05, 3.63) is 51.4 Å². The summed E-state index contributed by atoms with van der Waals surface area (Å²) in [6.45, 7) is 0. The number of benzene rings is 1. The van der Waals surface area contributed by atoms with E-state index in [9.17, 15) is 24.5 Å². The second-order valence-electron chi connectivity index (χ2n) is 4.86. The average Bonchev–Trinajstić information content (AvgIpc) is 3.01. The number of hydrogen-bond acceptors (Lipinski definition) is 6. The van der Waals surface area contributed by atoms with Gasteiger partial charge in [0.2, 0.25) is 5.91 Å². The molecule has 1 heterocycles. The Morgan fingerprint density at radius 1 is 1.08 bits per heavy atom. The number of aliphatic carboxylic acids is 1. The van der Waals surface area contributed by atoms with Crippen LogP contribution in [0.1, 0.15) is 23.2 Å². The Kier molecular flexibility index (Phi) is 5.79. The smallest absolute Gasteiger partial charge is 0.303 e. The summed E-state index contributed by atoms with van der Waals surface area (Å²) in [7, 11) is 0. The molecule has 2 amide bonds. The van der Waals surface area contributed by atoms with Crippen molar-refractivity contribution in [3.63, 3.8) is 0 Å². The number of anilines is 2. The molecule has 0 spiro atoms. The minimum atomic E-state index is -1.09. The largest absolute Gasteiger partial charge is 0.481 e. The number of thiophene rings is 1. The van der Waals surface area contributed by atoms with Crippen molar-refractivity contribution in [1.82, 2.24) is 0 Å². The molecule has 0 fully saturated rings. The van der Waals surface area contributed by atoms with E-state index in [0.717, 1.165) is 11.3 Å². The lowest BCUT2D eigenvalue weighted by Crippen LogP contribution is -2.17. The molecule has 0 unspecified atom stereocenters. The number of carbonyl (C=O) groups is 3. The summed E-state index contributed by atoms with van der Waals surface area (Å²) in [5.74, 6) is -2.09. The molecule has 1 aromatic heterocycles. The molecule has 2 aromatic rings. The maximum absolute atomic E-state index is 12.3. The van der Waals surface area contributed by atoms with Crippen LogP contribution in [-0.2, 0) is 9.59 Å². The van der Waals surface area contributed by atoms with E-state index in [1.54, 1.807) is 5.38 Å². The van der Waals surface area contributed by atoms with Crippen LogP contribution in [0.25, 0.3) is 0 Å². The van der Waals surface area contributed by atoms with Gasteiger partial charge in [-0.3, -0.25) is 24.5 Å². The number of carbonyl (C=O) groups excluding carboxylic acids is 2. The summed E-state index contributed by atoms with van der Waals surface area (Å²) in [4.78, 5) is 44.5. The molecular formula is C15H13N3O6S. The van der Waals surface area contributed by atoms with E-state index in [2.05, 4.69) is 10.6 Å². The van der Waals surface area contributed by atoms with Gasteiger partial charge in [0.05, 0.1) is 16.9 Å². The van der Waals surface area contributed by atoms with Crippen molar-refractivity contribution < 1.29 is 24.4 Å². The first-order chi connectivity index (χ1) is 11.9. The molecule has 0 aliphatic carbocycles. The highest BCUT2D eigenvalue weighted by Crippen LogP contribution is 2.25. The molecule has 130 valence electrons. The molecule has 9 nitrogen and oxygen atoms in total. The van der Waals surface area contributed by atoms with Crippen LogP contribution in [0.4, 0.5) is 16.4 Å². The molecule has 0 aliphatic rings. The van der Waals surface area contributed by atoms with E-state index < -0.39 is 22.7 Å². The molecule has 0 bridgehead atoms. The van der Waals surface area contributed by atoms with Gasteiger partial charge in [-0.2, -0.15) is 0 Å². The molecular weight excluding hydrogens is 350 g/mol. The maximum Gasteiger partial charge on any atom is 0.303 e. The van der Waals surface area contributed by atoms with Crippen molar-refractivity contribution in [1.29, 1.82) is 0 Å². The summed E-state index contributed by atoms with van der Waals surface area (Å²) in [6, 6.07) is 6.83. The van der Waals surface area contributed by atoms with Crippen molar-refractivity contribution in [2.75, 3.05) is 10.6 Å². The molecule has 3 N–H and O–H groups in total. The standard InChI is InChI=1S/C15H13N3O6S/c19-12(5-6-13(20)21)17-15-11(7-8-25-15)14(22)16-9-1-3-10(4-2-9)18(23)24/h1-4,7-8H,5-6H2,(H,16,22)(H,17,19)(H,20,21). The molecule has 0 atom stereocenters. The van der Waals surface area contributed by atoms with Gasteiger partial charge in [-0.05, 0) is 23.6 Å². The van der Waals surface area contributed by atoms with Crippen LogP contribution in [0.2, 0.25) is 0 Å². The summed E-state index contributed by atoms with van der Waals surface area (Å²) < 4.78 is 0. The Balaban J connectivity index is 2.03. The van der Waals surface area contributed by atoms with Gasteiger partial charge in [-0.15, -0.1) is 11.3 Å². The number of nitro benzene ring substituents is 1. The molecule has 0 saturated heterocycles. The number of carboxylic acid groups (broad SMARTS) is 1. The fourth-order valence-electron chi connectivity index (χ4n) is 1.86. The van der Waals surface area contributed by atoms with Gasteiger partial charge in [-0.25, -0.2) is 0 Å². The van der Waals surface area contributed by atoms with E-state index in [0.29, 0.717) is 10.7 Å². The quantitative estimate of drug-likeness (QED) is 0.510. The molecule has 25 heavy (non-hydrogen) atoms. The number of non-ortho nitro benzene ring substituents is 1. The topological polar surface area (TPSA) is 139 Å². The first-order valence-electron chi connectivity index (χ1n) is 7.02. The molecule has 0 radical (unpaired) electrons. The number of nitrogens with one attached hydrogen (secondary N) is 2. The third-order valence-corrected chi connectivity index (χ3v) is 3.89. The highest BCUT2D eigenvalue weighted by Gasteiger charge is 2.16. The third kappa shape index (κ3) is 5.11. The lowest BCUT2D eigenvalue weighted by molar-refractivity contribution is -0.384. The van der Waals surface area contributed by atoms with Gasteiger partial charge in [0.15, 0.2) is 0 Å². The Bertz CT molecular complexity index is 815. The normalized spacial score (nSPS) is 10.1. The number of hydrogen-bond donors (Lipinski definition) is 3. The first kappa shape index (κ1) is 18.1. The Morgan fingerprint density at radius 2 is 1.76 bits per heavy atom. The van der Waals surface area contributed by atoms with Crippen LogP contribution >= 0.6 is 11.3 Å².